The van der Waals surface area contributed by atoms with E-state index in [1.807, 2.05) is 0 Å². The van der Waals surface area contributed by atoms with Gasteiger partial charge in [-0.3, -0.25) is 23.7 Å². The highest BCUT2D eigenvalue weighted by Gasteiger charge is 2.53. The van der Waals surface area contributed by atoms with Gasteiger partial charge in [-0.2, -0.15) is 26.3 Å². The zero-order chi connectivity index (χ0) is 33.6. The summed E-state index contributed by atoms with van der Waals surface area (Å²) in [5, 5.41) is 20.0. The largest absolute Gasteiger partial charge is 0.421 e. The third-order valence-electron chi connectivity index (χ3n) is 8.26. The average Bonchev–Trinajstić information content (AvgIpc) is 3.31. The number of aliphatic hydroxyl groups is 2. The third kappa shape index (κ3) is 4.79. The summed E-state index contributed by atoms with van der Waals surface area (Å²) in [6, 6.07) is 8.96. The molecule has 0 aliphatic heterocycles. The van der Waals surface area contributed by atoms with Crippen LogP contribution in [0.4, 0.5) is 26.3 Å². The molecule has 3 aromatic carbocycles. The van der Waals surface area contributed by atoms with Gasteiger partial charge in [-0.1, -0.05) is 30.3 Å². The summed E-state index contributed by atoms with van der Waals surface area (Å²) in [6.45, 7) is 2.35. The summed E-state index contributed by atoms with van der Waals surface area (Å²) in [5.74, 6) is 0. The number of aromatic nitrogens is 2. The molecule has 0 aliphatic carbocycles. The molecule has 0 aliphatic rings. The predicted molar refractivity (Wildman–Crippen MR) is 152 cm³/mol. The van der Waals surface area contributed by atoms with E-state index in [2.05, 4.69) is 0 Å². The van der Waals surface area contributed by atoms with E-state index in [0.717, 1.165) is 34.9 Å². The number of fused-ring (bicyclic) bond motifs is 2. The second-order valence-electron chi connectivity index (χ2n) is 11.4. The molecule has 0 spiro atoms. The highest BCUT2D eigenvalue weighted by molar-refractivity contribution is 5.98. The van der Waals surface area contributed by atoms with Gasteiger partial charge in [0, 0.05) is 12.6 Å². The first-order valence-electron chi connectivity index (χ1n) is 13.3. The second kappa shape index (κ2) is 9.97. The summed E-state index contributed by atoms with van der Waals surface area (Å²) in [6.07, 6.45) is -10.6. The quantitative estimate of drug-likeness (QED) is 0.284. The van der Waals surface area contributed by atoms with Crippen LogP contribution in [-0.2, 0) is 24.7 Å². The zero-order valence-corrected chi connectivity index (χ0v) is 24.0. The first-order chi connectivity index (χ1) is 20.6. The molecular formula is C31H24F6N2O6. The van der Waals surface area contributed by atoms with Gasteiger partial charge in [0.1, 0.15) is 0 Å². The highest BCUT2D eigenvalue weighted by Crippen LogP contribution is 2.42. The van der Waals surface area contributed by atoms with Gasteiger partial charge in [0.15, 0.2) is 11.2 Å². The van der Waals surface area contributed by atoms with Crippen molar-refractivity contribution in [2.24, 2.45) is 7.05 Å². The second-order valence-corrected chi connectivity index (χ2v) is 11.4. The van der Waals surface area contributed by atoms with Crippen LogP contribution < -0.4 is 22.2 Å². The number of hydrogen-bond donors (Lipinski definition) is 2. The fourth-order valence-corrected chi connectivity index (χ4v) is 5.44. The number of benzene rings is 3. The molecule has 45 heavy (non-hydrogen) atoms. The fourth-order valence-electron chi connectivity index (χ4n) is 5.44. The molecule has 5 aromatic rings. The van der Waals surface area contributed by atoms with Crippen molar-refractivity contribution in [1.82, 2.24) is 9.13 Å². The van der Waals surface area contributed by atoms with Gasteiger partial charge in [-0.05, 0) is 67.6 Å². The van der Waals surface area contributed by atoms with Crippen molar-refractivity contribution in [3.63, 3.8) is 0 Å². The monoisotopic (exact) mass is 634 g/mol. The van der Waals surface area contributed by atoms with E-state index in [-0.39, 0.29) is 44.7 Å². The molecule has 2 unspecified atom stereocenters. The smallest absolute Gasteiger partial charge is 0.376 e. The van der Waals surface area contributed by atoms with Crippen molar-refractivity contribution in [3.05, 3.63) is 118 Å². The maximum atomic E-state index is 14.2. The van der Waals surface area contributed by atoms with E-state index in [1.165, 1.54) is 32.2 Å². The Labute approximate surface area is 248 Å². The lowest BCUT2D eigenvalue weighted by Crippen LogP contribution is -2.41. The molecule has 2 N–H and O–H groups in total. The molecule has 0 radical (unpaired) electrons. The van der Waals surface area contributed by atoms with Crippen molar-refractivity contribution < 1.29 is 36.6 Å². The molecule has 0 amide bonds. The molecule has 236 valence electrons. The van der Waals surface area contributed by atoms with E-state index in [9.17, 15) is 55.7 Å². The molecule has 5 rings (SSSR count). The van der Waals surface area contributed by atoms with E-state index in [0.29, 0.717) is 18.4 Å². The molecule has 0 saturated heterocycles. The number of alkyl halides is 6. The van der Waals surface area contributed by atoms with Gasteiger partial charge >= 0.3 is 12.4 Å². The Morgan fingerprint density at radius 2 is 1.02 bits per heavy atom. The molecule has 2 aromatic heterocycles. The van der Waals surface area contributed by atoms with Crippen LogP contribution in [0.15, 0.2) is 67.7 Å². The Hall–Kier alpha value is -4.56. The van der Waals surface area contributed by atoms with Crippen LogP contribution in [0.5, 0.6) is 0 Å². The Balaban J connectivity index is 1.72. The minimum absolute atomic E-state index is 0.0644. The van der Waals surface area contributed by atoms with Crippen LogP contribution in [0.25, 0.3) is 27.2 Å². The fraction of sp³-hybridized carbons (Fsp3) is 0.290. The molecule has 0 fully saturated rings. The first-order valence-corrected chi connectivity index (χ1v) is 13.3. The first kappa shape index (κ1) is 31.9. The lowest BCUT2D eigenvalue weighted by molar-refractivity contribution is -0.259. The van der Waals surface area contributed by atoms with Crippen molar-refractivity contribution in [2.45, 2.75) is 50.7 Å². The number of aryl methyl sites for hydroxylation is 1. The SMILES string of the molecule is Cc1ccc(Cc2ccc(-n3c(=O)c4cc5c(=O)n(C)c(=O)c5cc4c3=O)c(C(C)(O)C(F)(F)F)c2)cc1C(C)(O)C(F)(F)F. The highest BCUT2D eigenvalue weighted by atomic mass is 19.4. The minimum Gasteiger partial charge on any atom is -0.376 e. The summed E-state index contributed by atoms with van der Waals surface area (Å²) in [5.41, 5.74) is -12.2. The van der Waals surface area contributed by atoms with E-state index in [4.69, 9.17) is 0 Å². The maximum Gasteiger partial charge on any atom is 0.421 e. The maximum absolute atomic E-state index is 14.2. The van der Waals surface area contributed by atoms with Gasteiger partial charge < -0.3 is 10.2 Å². The van der Waals surface area contributed by atoms with E-state index < -0.39 is 62.6 Å². The van der Waals surface area contributed by atoms with Gasteiger partial charge in [0.2, 0.25) is 0 Å². The Morgan fingerprint density at radius 1 is 0.622 bits per heavy atom. The Morgan fingerprint density at radius 3 is 1.49 bits per heavy atom. The summed E-state index contributed by atoms with van der Waals surface area (Å²) < 4.78 is 84.4. The van der Waals surface area contributed by atoms with Crippen molar-refractivity contribution >= 4 is 21.5 Å². The van der Waals surface area contributed by atoms with Crippen molar-refractivity contribution in [2.75, 3.05) is 0 Å². The summed E-state index contributed by atoms with van der Waals surface area (Å²) in [7, 11) is 1.20. The Kier molecular flexibility index (Phi) is 7.06. The number of nitrogens with zero attached hydrogens (tertiary/aromatic N) is 2. The van der Waals surface area contributed by atoms with E-state index in [1.54, 1.807) is 0 Å². The van der Waals surface area contributed by atoms with Crippen LogP contribution in [0, 0.1) is 6.92 Å². The van der Waals surface area contributed by atoms with Gasteiger partial charge in [-0.15, -0.1) is 0 Å². The molecule has 2 atom stereocenters. The van der Waals surface area contributed by atoms with Crippen molar-refractivity contribution in [3.8, 4) is 5.69 Å². The average molecular weight is 635 g/mol. The van der Waals surface area contributed by atoms with Crippen LogP contribution in [0.1, 0.15) is 41.7 Å². The molecular weight excluding hydrogens is 610 g/mol. The topological polar surface area (TPSA) is 119 Å². The van der Waals surface area contributed by atoms with Gasteiger partial charge in [0.05, 0.1) is 27.2 Å². The number of hydrogen-bond acceptors (Lipinski definition) is 6. The lowest BCUT2D eigenvalue weighted by atomic mass is 9.87. The molecule has 14 heteroatoms. The van der Waals surface area contributed by atoms with Crippen LogP contribution in [0.3, 0.4) is 0 Å². The lowest BCUT2D eigenvalue weighted by Gasteiger charge is -2.29. The van der Waals surface area contributed by atoms with Gasteiger partial charge in [0.25, 0.3) is 22.2 Å². The minimum atomic E-state index is -5.31. The normalized spacial score (nSPS) is 15.5. The van der Waals surface area contributed by atoms with Crippen LogP contribution in [-0.4, -0.2) is 31.7 Å². The Bertz CT molecular complexity index is 2150. The van der Waals surface area contributed by atoms with Crippen molar-refractivity contribution in [1.29, 1.82) is 0 Å². The third-order valence-corrected chi connectivity index (χ3v) is 8.26. The standard InChI is InChI=1S/C31H24F6N2O6/c1-14-5-6-15(10-21(14)28(2,44)30(32,33)34)9-16-7-8-23(22(11-16)29(3,45)31(35,36)37)39-26(42)19-12-17-18(13-20(19)27(39)43)25(41)38(4)24(17)40/h5-8,10-13,44-45H,9H2,1-4H3. The van der Waals surface area contributed by atoms with Crippen LogP contribution in [0.2, 0.25) is 0 Å². The number of halogens is 6. The number of rotatable bonds is 5. The zero-order valence-electron chi connectivity index (χ0n) is 24.0. The molecule has 2 heterocycles. The molecule has 0 saturated carbocycles. The molecule has 8 nitrogen and oxygen atoms in total. The predicted octanol–water partition coefficient (Wildman–Crippen LogP) is 3.88. The summed E-state index contributed by atoms with van der Waals surface area (Å²) >= 11 is 0. The summed E-state index contributed by atoms with van der Waals surface area (Å²) in [4.78, 5) is 51.8. The van der Waals surface area contributed by atoms with Gasteiger partial charge in [-0.25, -0.2) is 4.57 Å². The van der Waals surface area contributed by atoms with E-state index >= 15 is 0 Å². The molecule has 0 bridgehead atoms. The van der Waals surface area contributed by atoms with Crippen LogP contribution >= 0.6 is 0 Å².